The summed E-state index contributed by atoms with van der Waals surface area (Å²) in [5.41, 5.74) is 1.30. The van der Waals surface area contributed by atoms with Crippen molar-refractivity contribution < 1.29 is 37.3 Å². The molecule has 2 heterocycles. The molecule has 7 nitrogen and oxygen atoms in total. The van der Waals surface area contributed by atoms with E-state index in [1.54, 1.807) is 30.5 Å². The Hall–Kier alpha value is -2.56. The first-order valence-corrected chi connectivity index (χ1v) is 11.7. The maximum absolute atomic E-state index is 12.9. The first-order chi connectivity index (χ1) is 16.6. The summed E-state index contributed by atoms with van der Waals surface area (Å²) in [7, 11) is 0. The average molecular weight is 513 g/mol. The number of carbonyl (C=O) groups excluding carboxylic acids is 1. The minimum absolute atomic E-state index is 0.0460. The summed E-state index contributed by atoms with van der Waals surface area (Å²) in [6.45, 7) is -0.400. The van der Waals surface area contributed by atoms with Gasteiger partial charge in [0.15, 0.2) is 6.10 Å². The number of amides is 1. The molecule has 1 aliphatic heterocycles. The van der Waals surface area contributed by atoms with Gasteiger partial charge >= 0.3 is 6.36 Å². The first-order valence-electron chi connectivity index (χ1n) is 11.3. The molecule has 3 fully saturated rings. The summed E-state index contributed by atoms with van der Waals surface area (Å²) < 4.78 is 50.8. The molecule has 6 rings (SSSR count). The van der Waals surface area contributed by atoms with Crippen molar-refractivity contribution in [3.8, 4) is 11.6 Å². The molecule has 0 saturated heterocycles. The third-order valence-corrected chi connectivity index (χ3v) is 7.14. The van der Waals surface area contributed by atoms with Crippen LogP contribution in [0.5, 0.6) is 11.6 Å². The molecule has 2 atom stereocenters. The molecule has 4 aliphatic rings. The van der Waals surface area contributed by atoms with E-state index in [-0.39, 0.29) is 36.3 Å². The van der Waals surface area contributed by atoms with Crippen molar-refractivity contribution in [3.63, 3.8) is 0 Å². The Morgan fingerprint density at radius 3 is 2.69 bits per heavy atom. The van der Waals surface area contributed by atoms with E-state index >= 15 is 0 Å². The monoisotopic (exact) mass is 512 g/mol. The molecule has 2 aromatic rings. The van der Waals surface area contributed by atoms with Crippen LogP contribution in [0.2, 0.25) is 5.02 Å². The van der Waals surface area contributed by atoms with Crippen LogP contribution < -0.4 is 14.8 Å². The molecule has 188 valence electrons. The predicted molar refractivity (Wildman–Crippen MR) is 118 cm³/mol. The third-order valence-electron chi connectivity index (χ3n) is 6.90. The molecule has 0 unspecified atom stereocenters. The summed E-state index contributed by atoms with van der Waals surface area (Å²) in [5.74, 6) is 0.558. The summed E-state index contributed by atoms with van der Waals surface area (Å²) >= 11 is 5.98. The quantitative estimate of drug-likeness (QED) is 0.515. The van der Waals surface area contributed by atoms with Crippen LogP contribution in [0.4, 0.5) is 13.2 Å². The number of aromatic nitrogens is 1. The van der Waals surface area contributed by atoms with E-state index in [0.29, 0.717) is 22.2 Å². The van der Waals surface area contributed by atoms with E-state index < -0.39 is 25.2 Å². The highest BCUT2D eigenvalue weighted by Gasteiger charge is 2.69. The number of benzene rings is 1. The van der Waals surface area contributed by atoms with E-state index in [0.717, 1.165) is 24.8 Å². The van der Waals surface area contributed by atoms with Gasteiger partial charge in [0.05, 0.1) is 19.3 Å². The number of carbonyl (C=O) groups is 1. The molecule has 1 amide bonds. The number of rotatable bonds is 8. The van der Waals surface area contributed by atoms with Crippen molar-refractivity contribution >= 4 is 17.5 Å². The number of ether oxygens (including phenoxy) is 3. The van der Waals surface area contributed by atoms with E-state index in [9.17, 15) is 23.1 Å². The summed E-state index contributed by atoms with van der Waals surface area (Å²) in [6.07, 6.45) is -1.92. The Labute approximate surface area is 204 Å². The molecule has 1 aromatic carbocycles. The van der Waals surface area contributed by atoms with Crippen LogP contribution in [0.3, 0.4) is 0 Å². The molecule has 2 N–H and O–H groups in total. The lowest BCUT2D eigenvalue weighted by molar-refractivity contribution is -0.324. The van der Waals surface area contributed by atoms with Gasteiger partial charge in [-0.3, -0.25) is 9.53 Å². The minimum Gasteiger partial charge on any atom is -0.480 e. The van der Waals surface area contributed by atoms with Gasteiger partial charge in [0.25, 0.3) is 5.91 Å². The molecule has 0 spiro atoms. The average Bonchev–Trinajstić information content (AvgIpc) is 2.75. The lowest BCUT2D eigenvalue weighted by atomic mass is 9.37. The molecule has 2 bridgehead atoms. The highest BCUT2D eigenvalue weighted by atomic mass is 35.5. The molecule has 1 aromatic heterocycles. The topological polar surface area (TPSA) is 89.9 Å². The molecule has 3 saturated carbocycles. The van der Waals surface area contributed by atoms with E-state index in [2.05, 4.69) is 15.0 Å². The summed E-state index contributed by atoms with van der Waals surface area (Å²) in [5, 5.41) is 14.0. The first kappa shape index (κ1) is 24.1. The normalized spacial score (nSPS) is 28.7. The highest BCUT2D eigenvalue weighted by Crippen LogP contribution is 2.67. The fourth-order valence-corrected chi connectivity index (χ4v) is 5.53. The smallest absolute Gasteiger partial charge is 0.480 e. The zero-order valence-electron chi connectivity index (χ0n) is 18.6. The Morgan fingerprint density at radius 1 is 1.23 bits per heavy atom. The van der Waals surface area contributed by atoms with Crippen LogP contribution in [0.1, 0.15) is 49.3 Å². The number of hydrogen-bond donors (Lipinski definition) is 2. The van der Waals surface area contributed by atoms with Gasteiger partial charge in [-0.25, -0.2) is 4.98 Å². The fourth-order valence-electron chi connectivity index (χ4n) is 5.35. The van der Waals surface area contributed by atoms with Crippen molar-refractivity contribution in [1.82, 2.24) is 10.3 Å². The summed E-state index contributed by atoms with van der Waals surface area (Å²) in [4.78, 5) is 17.1. The highest BCUT2D eigenvalue weighted by molar-refractivity contribution is 6.30. The minimum atomic E-state index is -4.63. The van der Waals surface area contributed by atoms with Gasteiger partial charge in [-0.1, -0.05) is 17.7 Å². The van der Waals surface area contributed by atoms with Crippen molar-refractivity contribution in [2.24, 2.45) is 0 Å². The number of aliphatic hydroxyl groups is 1. The van der Waals surface area contributed by atoms with Gasteiger partial charge in [0.2, 0.25) is 5.88 Å². The van der Waals surface area contributed by atoms with E-state index in [1.165, 1.54) is 0 Å². The van der Waals surface area contributed by atoms with Gasteiger partial charge in [-0.05, 0) is 43.0 Å². The number of fused-ring (bicyclic) bond motifs is 1. The van der Waals surface area contributed by atoms with Gasteiger partial charge in [-0.15, -0.1) is 13.2 Å². The predicted octanol–water partition coefficient (Wildman–Crippen LogP) is 4.22. The zero-order chi connectivity index (χ0) is 24.8. The van der Waals surface area contributed by atoms with E-state index in [4.69, 9.17) is 21.1 Å². The Morgan fingerprint density at radius 2 is 2.00 bits per heavy atom. The van der Waals surface area contributed by atoms with E-state index in [1.807, 2.05) is 6.07 Å². The van der Waals surface area contributed by atoms with Crippen LogP contribution in [0.25, 0.3) is 0 Å². The van der Waals surface area contributed by atoms with Crippen LogP contribution in [-0.4, -0.2) is 47.2 Å². The van der Waals surface area contributed by atoms with Crippen LogP contribution >= 0.6 is 11.6 Å². The van der Waals surface area contributed by atoms with Crippen LogP contribution in [0, 0.1) is 0 Å². The van der Waals surface area contributed by atoms with Crippen molar-refractivity contribution in [2.75, 3.05) is 13.2 Å². The molecular weight excluding hydrogens is 489 g/mol. The van der Waals surface area contributed by atoms with Crippen molar-refractivity contribution in [2.45, 2.75) is 61.6 Å². The third kappa shape index (κ3) is 4.92. The lowest BCUT2D eigenvalue weighted by Gasteiger charge is -2.71. The second kappa shape index (κ2) is 8.83. The van der Waals surface area contributed by atoms with Crippen molar-refractivity contribution in [3.05, 3.63) is 52.7 Å². The van der Waals surface area contributed by atoms with Gasteiger partial charge in [-0.2, -0.15) is 0 Å². The number of nitrogens with one attached hydrogen (secondary N) is 1. The SMILES string of the molecule is O=C(NC12CC(c3ccc(OCCCOC(F)(F)F)nc3)(C1)C2)[C@H]1C[C@@H](O)c2cc(Cl)ccc2O1. The largest absolute Gasteiger partial charge is 0.522 e. The molecular formula is C24H24ClF3N2O5. The standard InChI is InChI=1S/C24H24ClF3N2O5/c25-15-3-4-18-16(8-15)17(31)9-19(35-18)21(32)30-23-11-22(12-23,13-23)14-2-5-20(29-10-14)33-6-1-7-34-24(26,27)28/h2-5,8,10,17,19,31H,1,6-7,9,11-13H2,(H,30,32)/t17-,19-,22?,23?/m1/s1. The number of hydrogen-bond acceptors (Lipinski definition) is 6. The van der Waals surface area contributed by atoms with Crippen LogP contribution in [0.15, 0.2) is 36.5 Å². The number of pyridine rings is 1. The molecule has 0 radical (unpaired) electrons. The second-order valence-corrected chi connectivity index (χ2v) is 9.94. The second-order valence-electron chi connectivity index (χ2n) is 9.50. The fraction of sp³-hybridized carbons (Fsp3) is 0.500. The number of nitrogens with zero attached hydrogens (tertiary/aromatic N) is 1. The number of halogens is 4. The van der Waals surface area contributed by atoms with Crippen molar-refractivity contribution in [1.29, 1.82) is 0 Å². The number of alkyl halides is 3. The molecule has 35 heavy (non-hydrogen) atoms. The maximum Gasteiger partial charge on any atom is 0.522 e. The van der Waals surface area contributed by atoms with Gasteiger partial charge in [0, 0.05) is 46.6 Å². The Kier molecular flexibility index (Phi) is 6.09. The Bertz CT molecular complexity index is 1090. The molecule has 3 aliphatic carbocycles. The Balaban J connectivity index is 1.09. The summed E-state index contributed by atoms with van der Waals surface area (Å²) in [6, 6.07) is 8.57. The lowest BCUT2D eigenvalue weighted by Crippen LogP contribution is -2.77. The van der Waals surface area contributed by atoms with Gasteiger partial charge < -0.3 is 19.9 Å². The number of aliphatic hydroxyl groups excluding tert-OH is 1. The molecule has 11 heteroatoms. The van der Waals surface area contributed by atoms with Gasteiger partial charge in [0.1, 0.15) is 5.75 Å². The zero-order valence-corrected chi connectivity index (χ0v) is 19.4. The maximum atomic E-state index is 12.9. The van der Waals surface area contributed by atoms with Crippen LogP contribution in [-0.2, 0) is 14.9 Å².